The van der Waals surface area contributed by atoms with Gasteiger partial charge in [-0.25, -0.2) is 9.78 Å². The second kappa shape index (κ2) is 8.31. The van der Waals surface area contributed by atoms with Crippen LogP contribution < -0.4 is 10.6 Å². The summed E-state index contributed by atoms with van der Waals surface area (Å²) >= 11 is 0.898. The van der Waals surface area contributed by atoms with E-state index in [-0.39, 0.29) is 10.1 Å². The maximum atomic E-state index is 13.2. The Hall–Kier alpha value is -3.40. The zero-order valence-corrected chi connectivity index (χ0v) is 15.7. The SMILES string of the molecule is COC(=O)Nc1nc(-c2ccccc2)c(NC(=O)c2ccccc2C(F)(F)F)s1. The Morgan fingerprint density at radius 3 is 2.31 bits per heavy atom. The molecule has 1 aromatic heterocycles. The van der Waals surface area contributed by atoms with Crippen LogP contribution in [0.2, 0.25) is 0 Å². The molecule has 10 heteroatoms. The molecule has 3 rings (SSSR count). The zero-order chi connectivity index (χ0) is 21.0. The van der Waals surface area contributed by atoms with E-state index in [1.54, 1.807) is 30.3 Å². The fourth-order valence-corrected chi connectivity index (χ4v) is 3.36. The molecule has 0 saturated carbocycles. The first kappa shape index (κ1) is 20.3. The van der Waals surface area contributed by atoms with Crippen molar-refractivity contribution in [3.63, 3.8) is 0 Å². The summed E-state index contributed by atoms with van der Waals surface area (Å²) in [4.78, 5) is 28.3. The fourth-order valence-electron chi connectivity index (χ4n) is 2.49. The first-order chi connectivity index (χ1) is 13.8. The van der Waals surface area contributed by atoms with Gasteiger partial charge in [-0.3, -0.25) is 10.1 Å². The molecule has 0 saturated heterocycles. The average Bonchev–Trinajstić information content (AvgIpc) is 3.09. The van der Waals surface area contributed by atoms with E-state index in [0.717, 1.165) is 23.5 Å². The van der Waals surface area contributed by atoms with Gasteiger partial charge in [-0.05, 0) is 12.1 Å². The molecule has 0 aliphatic rings. The number of methoxy groups -OCH3 is 1. The van der Waals surface area contributed by atoms with Gasteiger partial charge in [0.25, 0.3) is 5.91 Å². The van der Waals surface area contributed by atoms with E-state index >= 15 is 0 Å². The average molecular weight is 421 g/mol. The molecule has 6 nitrogen and oxygen atoms in total. The lowest BCUT2D eigenvalue weighted by Crippen LogP contribution is -2.18. The third-order valence-corrected chi connectivity index (χ3v) is 4.66. The molecular formula is C19H14F3N3O3S. The summed E-state index contributed by atoms with van der Waals surface area (Å²) in [6.45, 7) is 0. The number of halogens is 3. The van der Waals surface area contributed by atoms with Gasteiger partial charge in [0.05, 0.1) is 18.2 Å². The smallest absolute Gasteiger partial charge is 0.417 e. The van der Waals surface area contributed by atoms with Crippen molar-refractivity contribution in [1.82, 2.24) is 4.98 Å². The van der Waals surface area contributed by atoms with Crippen molar-refractivity contribution >= 4 is 33.5 Å². The van der Waals surface area contributed by atoms with Crippen LogP contribution in [0.1, 0.15) is 15.9 Å². The van der Waals surface area contributed by atoms with Crippen molar-refractivity contribution in [3.8, 4) is 11.3 Å². The summed E-state index contributed by atoms with van der Waals surface area (Å²) in [7, 11) is 1.18. The first-order valence-corrected chi connectivity index (χ1v) is 9.00. The second-order valence-corrected chi connectivity index (χ2v) is 6.68. The molecule has 0 aliphatic carbocycles. The van der Waals surface area contributed by atoms with E-state index in [9.17, 15) is 22.8 Å². The molecule has 0 spiro atoms. The van der Waals surface area contributed by atoms with Crippen molar-refractivity contribution in [1.29, 1.82) is 0 Å². The fraction of sp³-hybridized carbons (Fsp3) is 0.105. The lowest BCUT2D eigenvalue weighted by Gasteiger charge is -2.12. The van der Waals surface area contributed by atoms with Crippen LogP contribution in [0.15, 0.2) is 54.6 Å². The number of rotatable bonds is 4. The summed E-state index contributed by atoms with van der Waals surface area (Å²) in [5.41, 5.74) is -0.646. The molecule has 2 aromatic carbocycles. The van der Waals surface area contributed by atoms with E-state index in [0.29, 0.717) is 11.3 Å². The quantitative estimate of drug-likeness (QED) is 0.602. The molecule has 0 bridgehead atoms. The number of hydrogen-bond donors (Lipinski definition) is 2. The molecule has 0 atom stereocenters. The van der Waals surface area contributed by atoms with Crippen LogP contribution in [-0.2, 0) is 10.9 Å². The number of alkyl halides is 3. The number of hydrogen-bond acceptors (Lipinski definition) is 5. The molecule has 150 valence electrons. The predicted molar refractivity (Wildman–Crippen MR) is 103 cm³/mol. The summed E-state index contributed by atoms with van der Waals surface area (Å²) in [5, 5.41) is 5.17. The second-order valence-electron chi connectivity index (χ2n) is 5.68. The van der Waals surface area contributed by atoms with Crippen molar-refractivity contribution in [3.05, 3.63) is 65.7 Å². The van der Waals surface area contributed by atoms with E-state index in [1.165, 1.54) is 19.2 Å². The highest BCUT2D eigenvalue weighted by molar-refractivity contribution is 7.20. The third kappa shape index (κ3) is 4.72. The topological polar surface area (TPSA) is 80.3 Å². The normalized spacial score (nSPS) is 11.0. The maximum absolute atomic E-state index is 13.2. The number of carbonyl (C=O) groups excluding carboxylic acids is 2. The molecular weight excluding hydrogens is 407 g/mol. The van der Waals surface area contributed by atoms with E-state index < -0.39 is 29.3 Å². The highest BCUT2D eigenvalue weighted by Crippen LogP contribution is 2.37. The number of carbonyl (C=O) groups is 2. The maximum Gasteiger partial charge on any atom is 0.417 e. The Balaban J connectivity index is 1.98. The van der Waals surface area contributed by atoms with Crippen LogP contribution in [0.3, 0.4) is 0 Å². The van der Waals surface area contributed by atoms with E-state index in [4.69, 9.17) is 0 Å². The number of anilines is 2. The summed E-state index contributed by atoms with van der Waals surface area (Å²) < 4.78 is 44.2. The number of thiazole rings is 1. The van der Waals surface area contributed by atoms with E-state index in [1.807, 2.05) is 0 Å². The van der Waals surface area contributed by atoms with Gasteiger partial charge >= 0.3 is 12.3 Å². The van der Waals surface area contributed by atoms with Gasteiger partial charge < -0.3 is 10.1 Å². The standard InChI is InChI=1S/C19H14F3N3O3S/c1-28-18(27)25-17-23-14(11-7-3-2-4-8-11)16(29-17)24-15(26)12-9-5-6-10-13(12)19(20,21)22/h2-10H,1H3,(H,24,26)(H,23,25,27). The van der Waals surface area contributed by atoms with Crippen molar-refractivity contribution in [2.24, 2.45) is 0 Å². The van der Waals surface area contributed by atoms with Gasteiger partial charge in [0.2, 0.25) is 0 Å². The lowest BCUT2D eigenvalue weighted by molar-refractivity contribution is -0.137. The Bertz CT molecular complexity index is 1040. The monoisotopic (exact) mass is 421 g/mol. The van der Waals surface area contributed by atoms with Crippen molar-refractivity contribution < 1.29 is 27.5 Å². The van der Waals surface area contributed by atoms with Gasteiger partial charge in [0.1, 0.15) is 10.7 Å². The van der Waals surface area contributed by atoms with Crippen LogP contribution in [-0.4, -0.2) is 24.1 Å². The minimum atomic E-state index is -4.68. The zero-order valence-electron chi connectivity index (χ0n) is 14.9. The Labute approximate surface area is 167 Å². The summed E-state index contributed by atoms with van der Waals surface area (Å²) in [6, 6.07) is 13.2. The molecule has 0 unspecified atom stereocenters. The van der Waals surface area contributed by atoms with Crippen LogP contribution in [0, 0.1) is 0 Å². The highest BCUT2D eigenvalue weighted by Gasteiger charge is 2.35. The largest absolute Gasteiger partial charge is 0.453 e. The number of aromatic nitrogens is 1. The van der Waals surface area contributed by atoms with Gasteiger partial charge in [0, 0.05) is 5.56 Å². The summed E-state index contributed by atoms with van der Waals surface area (Å²) in [5.74, 6) is -0.941. The molecule has 2 N–H and O–H groups in total. The Morgan fingerprint density at radius 1 is 1.00 bits per heavy atom. The number of amides is 2. The number of benzene rings is 2. The first-order valence-electron chi connectivity index (χ1n) is 8.18. The molecule has 0 aliphatic heterocycles. The van der Waals surface area contributed by atoms with Crippen molar-refractivity contribution in [2.45, 2.75) is 6.18 Å². The van der Waals surface area contributed by atoms with Gasteiger partial charge in [0.15, 0.2) is 5.13 Å². The number of ether oxygens (including phenoxy) is 1. The molecule has 2 amide bonds. The summed E-state index contributed by atoms with van der Waals surface area (Å²) in [6.07, 6.45) is -5.44. The third-order valence-electron chi connectivity index (χ3n) is 3.77. The van der Waals surface area contributed by atoms with Crippen LogP contribution >= 0.6 is 11.3 Å². The minimum absolute atomic E-state index is 0.120. The van der Waals surface area contributed by atoms with Gasteiger partial charge in [-0.1, -0.05) is 53.8 Å². The molecule has 1 heterocycles. The van der Waals surface area contributed by atoms with Crippen LogP contribution in [0.5, 0.6) is 0 Å². The van der Waals surface area contributed by atoms with Crippen LogP contribution in [0.25, 0.3) is 11.3 Å². The molecule has 29 heavy (non-hydrogen) atoms. The van der Waals surface area contributed by atoms with Gasteiger partial charge in [-0.15, -0.1) is 0 Å². The highest BCUT2D eigenvalue weighted by atomic mass is 32.1. The molecule has 0 fully saturated rings. The van der Waals surface area contributed by atoms with E-state index in [2.05, 4.69) is 20.4 Å². The lowest BCUT2D eigenvalue weighted by atomic mass is 10.1. The minimum Gasteiger partial charge on any atom is -0.453 e. The Kier molecular flexibility index (Phi) is 5.83. The Morgan fingerprint density at radius 2 is 1.66 bits per heavy atom. The molecule has 3 aromatic rings. The van der Waals surface area contributed by atoms with Crippen molar-refractivity contribution in [2.75, 3.05) is 17.7 Å². The predicted octanol–water partition coefficient (Wildman–Crippen LogP) is 5.26. The number of nitrogens with zero attached hydrogens (tertiary/aromatic N) is 1. The van der Waals surface area contributed by atoms with Crippen LogP contribution in [0.4, 0.5) is 28.1 Å². The van der Waals surface area contributed by atoms with Gasteiger partial charge in [-0.2, -0.15) is 13.2 Å². The molecule has 0 radical (unpaired) electrons. The number of nitrogens with one attached hydrogen (secondary N) is 2.